The predicted octanol–water partition coefficient (Wildman–Crippen LogP) is 1.83. The van der Waals surface area contributed by atoms with E-state index in [1.165, 1.54) is 0 Å². The number of pyridine rings is 1. The molecule has 2 aromatic rings. The smallest absolute Gasteiger partial charge is 0.274 e. The van der Waals surface area contributed by atoms with Crippen LogP contribution in [0.2, 0.25) is 0 Å². The monoisotopic (exact) mass is 273 g/mol. The van der Waals surface area contributed by atoms with Crippen molar-refractivity contribution in [2.75, 3.05) is 26.3 Å². The van der Waals surface area contributed by atoms with Gasteiger partial charge in [0.15, 0.2) is 0 Å². The van der Waals surface area contributed by atoms with Crippen molar-refractivity contribution in [3.8, 4) is 0 Å². The van der Waals surface area contributed by atoms with E-state index in [1.807, 2.05) is 40.6 Å². The van der Waals surface area contributed by atoms with E-state index in [2.05, 4.69) is 4.98 Å². The van der Waals surface area contributed by atoms with Crippen molar-refractivity contribution in [2.45, 2.75) is 13.3 Å². The lowest BCUT2D eigenvalue weighted by Crippen LogP contribution is -2.35. The van der Waals surface area contributed by atoms with Gasteiger partial charge in [0, 0.05) is 38.0 Å². The molecular formula is C15H19N3O2. The Bertz CT molecular complexity index is 569. The van der Waals surface area contributed by atoms with Gasteiger partial charge in [0.05, 0.1) is 6.61 Å². The summed E-state index contributed by atoms with van der Waals surface area (Å²) in [5.41, 5.74) is 1.31. The average molecular weight is 273 g/mol. The summed E-state index contributed by atoms with van der Waals surface area (Å²) in [6, 6.07) is 5.75. The van der Waals surface area contributed by atoms with E-state index in [4.69, 9.17) is 4.74 Å². The minimum absolute atomic E-state index is 0.00287. The summed E-state index contributed by atoms with van der Waals surface area (Å²) >= 11 is 0. The Morgan fingerprint density at radius 2 is 2.45 bits per heavy atom. The second kappa shape index (κ2) is 5.63. The van der Waals surface area contributed by atoms with E-state index in [-0.39, 0.29) is 5.91 Å². The second-order valence-electron chi connectivity index (χ2n) is 5.17. The van der Waals surface area contributed by atoms with Gasteiger partial charge < -0.3 is 14.0 Å². The van der Waals surface area contributed by atoms with E-state index < -0.39 is 0 Å². The van der Waals surface area contributed by atoms with Crippen LogP contribution in [-0.4, -0.2) is 46.5 Å². The average Bonchev–Trinajstić information content (AvgIpc) is 3.12. The molecule has 3 rings (SSSR count). The van der Waals surface area contributed by atoms with Gasteiger partial charge >= 0.3 is 0 Å². The highest BCUT2D eigenvalue weighted by atomic mass is 16.5. The lowest BCUT2D eigenvalue weighted by atomic mass is 10.1. The first kappa shape index (κ1) is 13.1. The molecule has 0 spiro atoms. The number of hydrogen-bond acceptors (Lipinski definition) is 3. The quantitative estimate of drug-likeness (QED) is 0.854. The predicted molar refractivity (Wildman–Crippen MR) is 75.7 cm³/mol. The fraction of sp³-hybridized carbons (Fsp3) is 0.467. The fourth-order valence-electron chi connectivity index (χ4n) is 2.59. The second-order valence-corrected chi connectivity index (χ2v) is 5.17. The van der Waals surface area contributed by atoms with Crippen molar-refractivity contribution in [1.82, 2.24) is 14.3 Å². The molecule has 0 unspecified atom stereocenters. The molecular weight excluding hydrogens is 254 g/mol. The Kier molecular flexibility index (Phi) is 3.69. The van der Waals surface area contributed by atoms with Crippen molar-refractivity contribution in [3.63, 3.8) is 0 Å². The van der Waals surface area contributed by atoms with Gasteiger partial charge in [0.1, 0.15) is 11.3 Å². The fourth-order valence-corrected chi connectivity index (χ4v) is 2.59. The number of hydrogen-bond donors (Lipinski definition) is 0. The van der Waals surface area contributed by atoms with Gasteiger partial charge in [0.2, 0.25) is 0 Å². The van der Waals surface area contributed by atoms with Crippen LogP contribution in [0.3, 0.4) is 0 Å². The Balaban J connectivity index is 1.78. The maximum Gasteiger partial charge on any atom is 0.274 e. The van der Waals surface area contributed by atoms with Gasteiger partial charge in [0.25, 0.3) is 5.91 Å². The van der Waals surface area contributed by atoms with Crippen molar-refractivity contribution in [1.29, 1.82) is 0 Å². The summed E-state index contributed by atoms with van der Waals surface area (Å²) in [6.45, 7) is 5.02. The highest BCUT2D eigenvalue weighted by Gasteiger charge is 2.23. The molecule has 0 aromatic carbocycles. The lowest BCUT2D eigenvalue weighted by Gasteiger charge is -2.22. The van der Waals surface area contributed by atoms with Gasteiger partial charge in [-0.25, -0.2) is 4.98 Å². The number of rotatable bonds is 4. The molecule has 1 aliphatic rings. The Morgan fingerprint density at radius 1 is 1.55 bits per heavy atom. The van der Waals surface area contributed by atoms with Crippen molar-refractivity contribution < 1.29 is 9.53 Å². The minimum Gasteiger partial charge on any atom is -0.381 e. The van der Waals surface area contributed by atoms with Crippen LogP contribution in [0.1, 0.15) is 23.8 Å². The molecule has 0 saturated carbocycles. The number of carbonyl (C=O) groups is 1. The zero-order valence-electron chi connectivity index (χ0n) is 11.7. The van der Waals surface area contributed by atoms with Gasteiger partial charge in [-0.15, -0.1) is 0 Å². The van der Waals surface area contributed by atoms with Crippen LogP contribution >= 0.6 is 0 Å². The van der Waals surface area contributed by atoms with Gasteiger partial charge in [-0.05, 0) is 25.5 Å². The number of imidazole rings is 1. The summed E-state index contributed by atoms with van der Waals surface area (Å²) in [5.74, 6) is 0.457. The van der Waals surface area contributed by atoms with Crippen molar-refractivity contribution in [3.05, 3.63) is 36.3 Å². The first-order valence-corrected chi connectivity index (χ1v) is 7.08. The van der Waals surface area contributed by atoms with E-state index >= 15 is 0 Å². The summed E-state index contributed by atoms with van der Waals surface area (Å²) in [4.78, 5) is 18.8. The molecule has 106 valence electrons. The van der Waals surface area contributed by atoms with Crippen LogP contribution in [0, 0.1) is 5.92 Å². The van der Waals surface area contributed by atoms with E-state index in [0.29, 0.717) is 18.2 Å². The lowest BCUT2D eigenvalue weighted by molar-refractivity contribution is 0.0725. The first-order valence-electron chi connectivity index (χ1n) is 7.08. The van der Waals surface area contributed by atoms with Gasteiger partial charge in [-0.2, -0.15) is 0 Å². The molecule has 1 saturated heterocycles. The van der Waals surface area contributed by atoms with Crippen LogP contribution in [0.25, 0.3) is 5.65 Å². The minimum atomic E-state index is 0.00287. The third-order valence-corrected chi connectivity index (χ3v) is 3.75. The molecule has 1 atom stereocenters. The highest BCUT2D eigenvalue weighted by Crippen LogP contribution is 2.15. The molecule has 1 fully saturated rings. The number of ether oxygens (including phenoxy) is 1. The standard InChI is InChI=1S/C15H19N3O2/c1-2-17(9-12-6-8-20-11-12)15(19)13-10-18-7-4-3-5-14(18)16-13/h3-5,7,10,12H,2,6,8-9,11H2,1H3/t12-/m1/s1. The molecule has 20 heavy (non-hydrogen) atoms. The Labute approximate surface area is 118 Å². The van der Waals surface area contributed by atoms with Crippen molar-refractivity contribution >= 4 is 11.6 Å². The molecule has 1 aliphatic heterocycles. The SMILES string of the molecule is CCN(C[C@H]1CCOC1)C(=O)c1cn2ccccc2n1. The van der Waals surface area contributed by atoms with E-state index in [0.717, 1.165) is 31.8 Å². The maximum atomic E-state index is 12.5. The van der Waals surface area contributed by atoms with E-state index in [1.54, 1.807) is 6.20 Å². The summed E-state index contributed by atoms with van der Waals surface area (Å²) < 4.78 is 7.25. The maximum absolute atomic E-state index is 12.5. The molecule has 5 heteroatoms. The zero-order valence-corrected chi connectivity index (χ0v) is 11.7. The molecule has 1 amide bonds. The topological polar surface area (TPSA) is 46.8 Å². The Hall–Kier alpha value is -1.88. The summed E-state index contributed by atoms with van der Waals surface area (Å²) in [6.07, 6.45) is 4.74. The molecule has 0 radical (unpaired) electrons. The normalized spacial score (nSPS) is 18.6. The number of amides is 1. The van der Waals surface area contributed by atoms with Crippen molar-refractivity contribution in [2.24, 2.45) is 5.92 Å². The number of fused-ring (bicyclic) bond motifs is 1. The van der Waals surface area contributed by atoms with Crippen LogP contribution in [0.15, 0.2) is 30.6 Å². The number of nitrogens with zero attached hydrogens (tertiary/aromatic N) is 3. The molecule has 2 aromatic heterocycles. The molecule has 0 aliphatic carbocycles. The summed E-state index contributed by atoms with van der Waals surface area (Å²) in [5, 5.41) is 0. The molecule has 0 bridgehead atoms. The summed E-state index contributed by atoms with van der Waals surface area (Å²) in [7, 11) is 0. The van der Waals surface area contributed by atoms with Gasteiger partial charge in [-0.1, -0.05) is 6.07 Å². The Morgan fingerprint density at radius 3 is 3.15 bits per heavy atom. The zero-order chi connectivity index (χ0) is 13.9. The number of aromatic nitrogens is 2. The largest absolute Gasteiger partial charge is 0.381 e. The van der Waals surface area contributed by atoms with Crippen LogP contribution < -0.4 is 0 Å². The van der Waals surface area contributed by atoms with Crippen LogP contribution in [0.5, 0.6) is 0 Å². The molecule has 5 nitrogen and oxygen atoms in total. The highest BCUT2D eigenvalue weighted by molar-refractivity contribution is 5.92. The molecule has 3 heterocycles. The van der Waals surface area contributed by atoms with Crippen LogP contribution in [0.4, 0.5) is 0 Å². The van der Waals surface area contributed by atoms with E-state index in [9.17, 15) is 4.79 Å². The molecule has 0 N–H and O–H groups in total. The number of carbonyl (C=O) groups excluding carboxylic acids is 1. The third-order valence-electron chi connectivity index (χ3n) is 3.75. The van der Waals surface area contributed by atoms with Crippen LogP contribution in [-0.2, 0) is 4.74 Å². The first-order chi connectivity index (χ1) is 9.78. The van der Waals surface area contributed by atoms with Gasteiger partial charge in [-0.3, -0.25) is 4.79 Å². The third kappa shape index (κ3) is 2.54.